The fourth-order valence-electron chi connectivity index (χ4n) is 4.30. The van der Waals surface area contributed by atoms with Crippen molar-refractivity contribution in [1.29, 1.82) is 0 Å². The minimum Gasteiger partial charge on any atom is -0.469 e. The van der Waals surface area contributed by atoms with Gasteiger partial charge in [0.15, 0.2) is 5.78 Å². The van der Waals surface area contributed by atoms with E-state index in [1.54, 1.807) is 18.5 Å². The molecule has 0 bridgehead atoms. The minimum atomic E-state index is -0.0379. The van der Waals surface area contributed by atoms with Crippen LogP contribution in [0.1, 0.15) is 34.2 Å². The highest BCUT2D eigenvalue weighted by molar-refractivity contribution is 6.31. The van der Waals surface area contributed by atoms with Crippen LogP contribution in [0.4, 0.5) is 11.9 Å². The number of nitrogens with one attached hydrogen (secondary N) is 1. The highest BCUT2D eigenvalue weighted by Crippen LogP contribution is 2.33. The number of fused-ring (bicyclic) bond motifs is 2. The zero-order chi connectivity index (χ0) is 23.1. The predicted molar refractivity (Wildman–Crippen MR) is 129 cm³/mol. The first-order chi connectivity index (χ1) is 16.6. The van der Waals surface area contributed by atoms with Crippen LogP contribution in [0.15, 0.2) is 77.5 Å². The van der Waals surface area contributed by atoms with Crippen molar-refractivity contribution >= 4 is 40.2 Å². The minimum absolute atomic E-state index is 0.0133. The molecule has 7 nitrogen and oxygen atoms in total. The summed E-state index contributed by atoms with van der Waals surface area (Å²) in [6.45, 7) is 0. The number of anilines is 2. The Balaban J connectivity index is 1.38. The van der Waals surface area contributed by atoms with Crippen LogP contribution in [0.2, 0.25) is 5.02 Å². The molecule has 1 aliphatic carbocycles. The van der Waals surface area contributed by atoms with E-state index in [1.807, 2.05) is 54.6 Å². The highest BCUT2D eigenvalue weighted by Gasteiger charge is 2.29. The van der Waals surface area contributed by atoms with Gasteiger partial charge in [-0.3, -0.25) is 10.1 Å². The molecule has 0 fully saturated rings. The molecule has 0 unspecified atom stereocenters. The Morgan fingerprint density at radius 3 is 2.65 bits per heavy atom. The van der Waals surface area contributed by atoms with E-state index in [2.05, 4.69) is 20.3 Å². The van der Waals surface area contributed by atoms with E-state index in [-0.39, 0.29) is 11.7 Å². The van der Waals surface area contributed by atoms with Crippen LogP contribution in [0.3, 0.4) is 0 Å². The number of Topliss-reactive ketones (excluding diaryl/α,β-unsaturated/α-hetero) is 1. The van der Waals surface area contributed by atoms with Crippen LogP contribution < -0.4 is 5.32 Å². The summed E-state index contributed by atoms with van der Waals surface area (Å²) in [4.78, 5) is 31.0. The first-order valence-electron chi connectivity index (χ1n) is 10.9. The van der Waals surface area contributed by atoms with Gasteiger partial charge >= 0.3 is 0 Å². The number of benzene rings is 2. The second-order valence-electron chi connectivity index (χ2n) is 8.15. The summed E-state index contributed by atoms with van der Waals surface area (Å²) in [6, 6.07) is 19.1. The molecule has 0 saturated carbocycles. The zero-order valence-corrected chi connectivity index (χ0v) is 18.7. The van der Waals surface area contributed by atoms with E-state index in [9.17, 15) is 4.79 Å². The number of hydrogen-bond donors (Lipinski definition) is 1. The fraction of sp³-hybridized carbons (Fsp3) is 0.115. The smallest absolute Gasteiger partial charge is 0.230 e. The molecule has 2 aromatic carbocycles. The van der Waals surface area contributed by atoms with Crippen LogP contribution in [-0.4, -0.2) is 25.7 Å². The lowest BCUT2D eigenvalue weighted by atomic mass is 9.85. The van der Waals surface area contributed by atoms with E-state index in [1.165, 1.54) is 0 Å². The molecular weight excluding hydrogens is 450 g/mol. The van der Waals surface area contributed by atoms with Crippen molar-refractivity contribution < 1.29 is 9.21 Å². The molecule has 0 aliphatic heterocycles. The molecule has 0 saturated heterocycles. The van der Waals surface area contributed by atoms with Crippen molar-refractivity contribution in [3.8, 4) is 11.3 Å². The topological polar surface area (TPSA) is 93.8 Å². The summed E-state index contributed by atoms with van der Waals surface area (Å²) in [7, 11) is 0. The first-order valence-corrected chi connectivity index (χ1v) is 11.2. The van der Waals surface area contributed by atoms with E-state index in [4.69, 9.17) is 21.0 Å². The van der Waals surface area contributed by atoms with Gasteiger partial charge in [-0.15, -0.1) is 0 Å². The lowest BCUT2D eigenvalue weighted by Gasteiger charge is -2.21. The molecule has 166 valence electrons. The normalized spacial score (nSPS) is 15.3. The Morgan fingerprint density at radius 2 is 1.82 bits per heavy atom. The van der Waals surface area contributed by atoms with E-state index in [0.29, 0.717) is 41.0 Å². The third-order valence-corrected chi connectivity index (χ3v) is 6.15. The molecule has 1 atom stereocenters. The second-order valence-corrected chi connectivity index (χ2v) is 8.58. The van der Waals surface area contributed by atoms with E-state index in [0.717, 1.165) is 27.9 Å². The van der Waals surface area contributed by atoms with E-state index >= 15 is 0 Å². The molecule has 8 heteroatoms. The third kappa shape index (κ3) is 3.80. The SMILES string of the molecule is O=C1C[C@H](c2ccco2)Cc2nc(Nc3nc(-c4ccccc4)c4cc(Cl)ccc4n3)ncc21. The van der Waals surface area contributed by atoms with Gasteiger partial charge in [0.25, 0.3) is 0 Å². The lowest BCUT2D eigenvalue weighted by Crippen LogP contribution is -2.21. The molecule has 3 heterocycles. The Hall–Kier alpha value is -4.10. The first kappa shape index (κ1) is 20.5. The number of carbonyl (C=O) groups excluding carboxylic acids is 1. The molecule has 3 aromatic heterocycles. The summed E-state index contributed by atoms with van der Waals surface area (Å²) in [5, 5.41) is 4.59. The second kappa shape index (κ2) is 8.35. The maximum Gasteiger partial charge on any atom is 0.230 e. The van der Waals surface area contributed by atoms with Crippen LogP contribution in [0, 0.1) is 0 Å². The third-order valence-electron chi connectivity index (χ3n) is 5.91. The van der Waals surface area contributed by atoms with Crippen LogP contribution in [0.25, 0.3) is 22.2 Å². The van der Waals surface area contributed by atoms with Crippen molar-refractivity contribution in [2.45, 2.75) is 18.8 Å². The molecule has 34 heavy (non-hydrogen) atoms. The summed E-state index contributed by atoms with van der Waals surface area (Å²) in [5.41, 5.74) is 3.67. The summed E-state index contributed by atoms with van der Waals surface area (Å²) >= 11 is 6.25. The van der Waals surface area contributed by atoms with Crippen LogP contribution in [-0.2, 0) is 6.42 Å². The number of nitrogens with zero attached hydrogens (tertiary/aromatic N) is 4. The largest absolute Gasteiger partial charge is 0.469 e. The van der Waals surface area contributed by atoms with Crippen molar-refractivity contribution in [2.24, 2.45) is 0 Å². The van der Waals surface area contributed by atoms with Crippen LogP contribution in [0.5, 0.6) is 0 Å². The van der Waals surface area contributed by atoms with Gasteiger partial charge in [0.05, 0.1) is 28.7 Å². The molecule has 1 aliphatic rings. The van der Waals surface area contributed by atoms with Gasteiger partial charge in [0, 0.05) is 40.9 Å². The van der Waals surface area contributed by atoms with Gasteiger partial charge in [0.1, 0.15) is 5.76 Å². The number of carbonyl (C=O) groups is 1. The Morgan fingerprint density at radius 1 is 0.941 bits per heavy atom. The standard InChI is InChI=1S/C26H18ClN5O2/c27-17-8-9-20-18(13-17)24(15-5-2-1-3-6-15)31-26(29-20)32-25-28-14-19-21(30-25)11-16(12-22(19)33)23-7-4-10-34-23/h1-10,13-14,16H,11-12H2,(H,28,29,30,31,32)/t16-/m1/s1. The molecule has 6 rings (SSSR count). The van der Waals surface area contributed by atoms with Gasteiger partial charge in [0.2, 0.25) is 11.9 Å². The van der Waals surface area contributed by atoms with Gasteiger partial charge in [-0.2, -0.15) is 0 Å². The van der Waals surface area contributed by atoms with Crippen molar-refractivity contribution in [3.05, 3.63) is 95.2 Å². The fourth-order valence-corrected chi connectivity index (χ4v) is 4.47. The quantitative estimate of drug-likeness (QED) is 0.347. The molecular formula is C26H18ClN5O2. The molecule has 0 radical (unpaired) electrons. The van der Waals surface area contributed by atoms with E-state index < -0.39 is 0 Å². The lowest BCUT2D eigenvalue weighted by molar-refractivity contribution is 0.0958. The number of aromatic nitrogens is 4. The number of halogens is 1. The monoisotopic (exact) mass is 467 g/mol. The van der Waals surface area contributed by atoms with Crippen LogP contribution >= 0.6 is 11.6 Å². The summed E-state index contributed by atoms with van der Waals surface area (Å²) in [5.74, 6) is 1.46. The number of hydrogen-bond acceptors (Lipinski definition) is 7. The summed E-state index contributed by atoms with van der Waals surface area (Å²) in [6.07, 6.45) is 4.17. The molecule has 0 amide bonds. The molecule has 5 aromatic rings. The van der Waals surface area contributed by atoms with Gasteiger partial charge in [-0.1, -0.05) is 41.9 Å². The maximum atomic E-state index is 12.7. The molecule has 1 N–H and O–H groups in total. The maximum absolute atomic E-state index is 12.7. The summed E-state index contributed by atoms with van der Waals surface area (Å²) < 4.78 is 5.53. The number of rotatable bonds is 4. The Kier molecular flexibility index (Phi) is 5.04. The number of furan rings is 1. The average molecular weight is 468 g/mol. The van der Waals surface area contributed by atoms with Crippen molar-refractivity contribution in [3.63, 3.8) is 0 Å². The van der Waals surface area contributed by atoms with Crippen molar-refractivity contribution in [2.75, 3.05) is 5.32 Å². The van der Waals surface area contributed by atoms with Gasteiger partial charge in [-0.05, 0) is 30.3 Å². The Bertz CT molecular complexity index is 1520. The zero-order valence-electron chi connectivity index (χ0n) is 17.9. The van der Waals surface area contributed by atoms with Gasteiger partial charge < -0.3 is 4.42 Å². The Labute approximate surface area is 199 Å². The predicted octanol–water partition coefficient (Wildman–Crippen LogP) is 5.99. The average Bonchev–Trinajstić information content (AvgIpc) is 3.39. The van der Waals surface area contributed by atoms with Crippen molar-refractivity contribution in [1.82, 2.24) is 19.9 Å². The molecule has 0 spiro atoms. The number of ketones is 1. The van der Waals surface area contributed by atoms with Gasteiger partial charge in [-0.25, -0.2) is 19.9 Å². The highest BCUT2D eigenvalue weighted by atomic mass is 35.5.